The number of carbonyl (C=O) groups is 1. The molecule has 3 rings (SSSR count). The molecule has 112 valence electrons. The number of carbonyl (C=O) groups excluding carboxylic acids is 1. The van der Waals surface area contributed by atoms with Crippen molar-refractivity contribution >= 4 is 28.2 Å². The molecule has 0 saturated carbocycles. The first-order valence-electron chi connectivity index (χ1n) is 6.47. The van der Waals surface area contributed by atoms with Crippen molar-refractivity contribution in [2.75, 3.05) is 7.11 Å². The van der Waals surface area contributed by atoms with Crippen LogP contribution in [0.1, 0.15) is 15.2 Å². The fraction of sp³-hybridized carbons (Fsp3) is 0.133. The molecule has 0 aliphatic heterocycles. The molecule has 2 heterocycles. The van der Waals surface area contributed by atoms with Gasteiger partial charge in [0.2, 0.25) is 0 Å². The average molecular weight is 316 g/mol. The van der Waals surface area contributed by atoms with Gasteiger partial charge in [0, 0.05) is 4.88 Å². The fourth-order valence-electron chi connectivity index (χ4n) is 2.20. The van der Waals surface area contributed by atoms with E-state index in [1.54, 1.807) is 0 Å². The molecule has 3 aromatic rings. The Balaban J connectivity index is 2.19. The molecule has 0 atom stereocenters. The Morgan fingerprint density at radius 1 is 1.32 bits per heavy atom. The molecule has 0 aliphatic rings. The van der Waals surface area contributed by atoms with Crippen LogP contribution in [-0.4, -0.2) is 22.6 Å². The predicted molar refractivity (Wildman–Crippen MR) is 83.6 cm³/mol. The summed E-state index contributed by atoms with van der Waals surface area (Å²) in [4.78, 5) is 39.7. The maximum absolute atomic E-state index is 12.5. The number of esters is 1. The number of aromatic amines is 1. The molecule has 22 heavy (non-hydrogen) atoms. The van der Waals surface area contributed by atoms with Crippen molar-refractivity contribution in [1.82, 2.24) is 9.55 Å². The van der Waals surface area contributed by atoms with Crippen LogP contribution in [0.4, 0.5) is 0 Å². The van der Waals surface area contributed by atoms with Crippen LogP contribution in [0.3, 0.4) is 0 Å². The fourth-order valence-corrected chi connectivity index (χ4v) is 2.89. The van der Waals surface area contributed by atoms with Gasteiger partial charge in [-0.05, 0) is 29.6 Å². The molecule has 1 N–H and O–H groups in total. The number of methoxy groups -OCH3 is 1. The quantitative estimate of drug-likeness (QED) is 0.744. The van der Waals surface area contributed by atoms with E-state index in [0.717, 1.165) is 9.44 Å². The minimum absolute atomic E-state index is 0.199. The molecule has 1 aromatic carbocycles. The molecule has 0 spiro atoms. The number of H-pyrrole nitrogens is 1. The highest BCUT2D eigenvalue weighted by Gasteiger charge is 2.12. The van der Waals surface area contributed by atoms with Gasteiger partial charge in [0.25, 0.3) is 5.56 Å². The van der Waals surface area contributed by atoms with Crippen molar-refractivity contribution < 1.29 is 9.53 Å². The lowest BCUT2D eigenvalue weighted by molar-refractivity contribution is 0.0601. The van der Waals surface area contributed by atoms with Crippen LogP contribution in [-0.2, 0) is 11.3 Å². The minimum Gasteiger partial charge on any atom is -0.465 e. The van der Waals surface area contributed by atoms with Crippen molar-refractivity contribution in [3.63, 3.8) is 0 Å². The van der Waals surface area contributed by atoms with E-state index in [1.165, 1.54) is 36.6 Å². The van der Waals surface area contributed by atoms with E-state index in [4.69, 9.17) is 0 Å². The van der Waals surface area contributed by atoms with Gasteiger partial charge in [0.05, 0.1) is 30.1 Å². The van der Waals surface area contributed by atoms with Gasteiger partial charge in [0.15, 0.2) is 0 Å². The lowest BCUT2D eigenvalue weighted by Crippen LogP contribution is -2.35. The lowest BCUT2D eigenvalue weighted by Gasteiger charge is -2.06. The van der Waals surface area contributed by atoms with Crippen molar-refractivity contribution in [3.05, 3.63) is 67.0 Å². The van der Waals surface area contributed by atoms with Gasteiger partial charge in [-0.1, -0.05) is 6.07 Å². The number of ether oxygens (including phenoxy) is 1. The van der Waals surface area contributed by atoms with Crippen LogP contribution in [0.5, 0.6) is 0 Å². The minimum atomic E-state index is -0.530. The van der Waals surface area contributed by atoms with E-state index in [1.807, 2.05) is 17.5 Å². The summed E-state index contributed by atoms with van der Waals surface area (Å²) in [5.41, 5.74) is -0.249. The van der Waals surface area contributed by atoms with Gasteiger partial charge in [-0.25, -0.2) is 9.59 Å². The number of fused-ring (bicyclic) bond motifs is 1. The van der Waals surface area contributed by atoms with E-state index in [9.17, 15) is 14.4 Å². The third kappa shape index (κ3) is 2.46. The largest absolute Gasteiger partial charge is 0.465 e. The number of rotatable bonds is 3. The number of nitrogens with one attached hydrogen (secondary N) is 1. The summed E-state index contributed by atoms with van der Waals surface area (Å²) >= 11 is 1.47. The zero-order valence-electron chi connectivity index (χ0n) is 11.7. The van der Waals surface area contributed by atoms with Crippen molar-refractivity contribution in [3.8, 4) is 0 Å². The lowest BCUT2D eigenvalue weighted by atomic mass is 10.1. The summed E-state index contributed by atoms with van der Waals surface area (Å²) in [6.07, 6.45) is 0. The Morgan fingerprint density at radius 2 is 2.14 bits per heavy atom. The second-order valence-electron chi connectivity index (χ2n) is 4.65. The maximum atomic E-state index is 12.5. The molecule has 0 unspecified atom stereocenters. The normalized spacial score (nSPS) is 10.8. The highest BCUT2D eigenvalue weighted by atomic mass is 32.1. The van der Waals surface area contributed by atoms with Gasteiger partial charge in [0.1, 0.15) is 0 Å². The number of hydrogen-bond donors (Lipinski definition) is 1. The molecule has 0 aliphatic carbocycles. The molecular formula is C15H12N2O4S. The standard InChI is InChI=1S/C15H12N2O4S/c1-21-14(19)9-4-5-12-11(7-9)13(18)17(15(20)16-12)8-10-3-2-6-22-10/h2-7H,8H2,1H3,(H,16,20). The van der Waals surface area contributed by atoms with Crippen LogP contribution >= 0.6 is 11.3 Å². The first kappa shape index (κ1) is 14.3. The first-order chi connectivity index (χ1) is 10.6. The number of aromatic nitrogens is 2. The van der Waals surface area contributed by atoms with E-state index < -0.39 is 17.2 Å². The average Bonchev–Trinajstić information content (AvgIpc) is 3.03. The Labute approximate surface area is 128 Å². The van der Waals surface area contributed by atoms with Gasteiger partial charge in [-0.3, -0.25) is 9.36 Å². The van der Waals surface area contributed by atoms with Crippen molar-refractivity contribution in [1.29, 1.82) is 0 Å². The van der Waals surface area contributed by atoms with Crippen LogP contribution in [0.15, 0.2) is 45.3 Å². The monoisotopic (exact) mass is 316 g/mol. The predicted octanol–water partition coefficient (Wildman–Crippen LogP) is 1.59. The Hall–Kier alpha value is -2.67. The Kier molecular flexibility index (Phi) is 3.64. The highest BCUT2D eigenvalue weighted by Crippen LogP contribution is 2.12. The summed E-state index contributed by atoms with van der Waals surface area (Å²) in [6, 6.07) is 8.18. The molecule has 0 radical (unpaired) electrons. The number of nitrogens with zero attached hydrogens (tertiary/aromatic N) is 1. The molecule has 0 amide bonds. The molecule has 0 saturated heterocycles. The molecule has 6 nitrogen and oxygen atoms in total. The van der Waals surface area contributed by atoms with Gasteiger partial charge in [-0.2, -0.15) is 0 Å². The number of thiophene rings is 1. The smallest absolute Gasteiger partial charge is 0.337 e. The molecular weight excluding hydrogens is 304 g/mol. The van der Waals surface area contributed by atoms with E-state index in [-0.39, 0.29) is 17.5 Å². The summed E-state index contributed by atoms with van der Waals surface area (Å²) < 4.78 is 5.77. The summed E-state index contributed by atoms with van der Waals surface area (Å²) in [6.45, 7) is 0.199. The van der Waals surface area contributed by atoms with Gasteiger partial charge >= 0.3 is 11.7 Å². The SMILES string of the molecule is COC(=O)c1ccc2[nH]c(=O)n(Cc3cccs3)c(=O)c2c1. The van der Waals surface area contributed by atoms with Crippen LogP contribution in [0.25, 0.3) is 10.9 Å². The maximum Gasteiger partial charge on any atom is 0.337 e. The molecule has 7 heteroatoms. The third-order valence-electron chi connectivity index (χ3n) is 3.30. The summed E-state index contributed by atoms with van der Waals surface area (Å²) in [5, 5.41) is 2.16. The van der Waals surface area contributed by atoms with Crippen LogP contribution < -0.4 is 11.2 Å². The van der Waals surface area contributed by atoms with E-state index >= 15 is 0 Å². The van der Waals surface area contributed by atoms with E-state index in [0.29, 0.717) is 5.52 Å². The Bertz CT molecular complexity index is 954. The second kappa shape index (κ2) is 5.61. The van der Waals surface area contributed by atoms with Crippen molar-refractivity contribution in [2.45, 2.75) is 6.54 Å². The number of hydrogen-bond acceptors (Lipinski definition) is 5. The highest BCUT2D eigenvalue weighted by molar-refractivity contribution is 7.09. The third-order valence-corrected chi connectivity index (χ3v) is 4.16. The first-order valence-corrected chi connectivity index (χ1v) is 7.35. The van der Waals surface area contributed by atoms with Crippen molar-refractivity contribution in [2.24, 2.45) is 0 Å². The topological polar surface area (TPSA) is 81.2 Å². The van der Waals surface area contributed by atoms with Gasteiger partial charge in [-0.15, -0.1) is 11.3 Å². The molecule has 2 aromatic heterocycles. The molecule has 0 fully saturated rings. The van der Waals surface area contributed by atoms with E-state index in [2.05, 4.69) is 9.72 Å². The van der Waals surface area contributed by atoms with Gasteiger partial charge < -0.3 is 9.72 Å². The van der Waals surface area contributed by atoms with Crippen LogP contribution in [0.2, 0.25) is 0 Å². The molecule has 0 bridgehead atoms. The zero-order valence-corrected chi connectivity index (χ0v) is 12.5. The van der Waals surface area contributed by atoms with Crippen LogP contribution in [0, 0.1) is 0 Å². The summed E-state index contributed by atoms with van der Waals surface area (Å²) in [5.74, 6) is -0.530. The summed E-state index contributed by atoms with van der Waals surface area (Å²) in [7, 11) is 1.27. The Morgan fingerprint density at radius 3 is 2.82 bits per heavy atom. The number of benzene rings is 1. The second-order valence-corrected chi connectivity index (χ2v) is 5.69. The zero-order chi connectivity index (χ0) is 15.7.